The molecular formula is C18H18BrClFNO3. The summed E-state index contributed by atoms with van der Waals surface area (Å²) >= 11 is 8.98. The molecule has 134 valence electrons. The summed E-state index contributed by atoms with van der Waals surface area (Å²) in [4.78, 5) is 11.7. The highest BCUT2D eigenvalue weighted by atomic mass is 79.9. The van der Waals surface area contributed by atoms with E-state index in [1.165, 1.54) is 18.2 Å². The van der Waals surface area contributed by atoms with Gasteiger partial charge < -0.3 is 14.8 Å². The van der Waals surface area contributed by atoms with Crippen LogP contribution in [-0.2, 0) is 4.79 Å². The molecule has 0 aliphatic carbocycles. The molecule has 0 bridgehead atoms. The number of nitrogens with one attached hydrogen (secondary N) is 1. The molecule has 2 aromatic rings. The molecule has 0 unspecified atom stereocenters. The van der Waals surface area contributed by atoms with Gasteiger partial charge in [0, 0.05) is 11.6 Å². The van der Waals surface area contributed by atoms with Crippen molar-refractivity contribution in [1.82, 2.24) is 5.32 Å². The molecule has 0 aromatic heterocycles. The van der Waals surface area contributed by atoms with Crippen molar-refractivity contribution in [3.05, 3.63) is 57.8 Å². The molecule has 0 saturated carbocycles. The number of amides is 1. The van der Waals surface area contributed by atoms with Crippen molar-refractivity contribution >= 4 is 33.4 Å². The maximum Gasteiger partial charge on any atom is 0.257 e. The van der Waals surface area contributed by atoms with Crippen molar-refractivity contribution in [3.63, 3.8) is 0 Å². The van der Waals surface area contributed by atoms with Crippen molar-refractivity contribution in [2.45, 2.75) is 12.8 Å². The second-order valence-electron chi connectivity index (χ2n) is 5.22. The zero-order valence-corrected chi connectivity index (χ0v) is 15.8. The summed E-state index contributed by atoms with van der Waals surface area (Å²) in [5.41, 5.74) is 0. The third-order valence-electron chi connectivity index (χ3n) is 3.23. The van der Waals surface area contributed by atoms with Crippen LogP contribution in [0.1, 0.15) is 12.8 Å². The summed E-state index contributed by atoms with van der Waals surface area (Å²) in [7, 11) is 0. The van der Waals surface area contributed by atoms with Gasteiger partial charge in [-0.25, -0.2) is 4.39 Å². The van der Waals surface area contributed by atoms with E-state index in [4.69, 9.17) is 21.1 Å². The molecule has 0 heterocycles. The Labute approximate surface area is 159 Å². The molecule has 4 nitrogen and oxygen atoms in total. The Morgan fingerprint density at radius 1 is 1.12 bits per heavy atom. The first-order valence-corrected chi connectivity index (χ1v) is 8.94. The third-order valence-corrected chi connectivity index (χ3v) is 4.10. The van der Waals surface area contributed by atoms with Gasteiger partial charge in [0.05, 0.1) is 11.1 Å². The van der Waals surface area contributed by atoms with Gasteiger partial charge >= 0.3 is 0 Å². The van der Waals surface area contributed by atoms with Crippen LogP contribution in [0.3, 0.4) is 0 Å². The topological polar surface area (TPSA) is 47.6 Å². The molecule has 25 heavy (non-hydrogen) atoms. The Kier molecular flexibility index (Phi) is 8.01. The fourth-order valence-electron chi connectivity index (χ4n) is 1.96. The van der Waals surface area contributed by atoms with Crippen molar-refractivity contribution in [2.75, 3.05) is 19.8 Å². The van der Waals surface area contributed by atoms with E-state index in [2.05, 4.69) is 21.2 Å². The Bertz CT molecular complexity index is 697. The van der Waals surface area contributed by atoms with E-state index in [9.17, 15) is 9.18 Å². The predicted molar refractivity (Wildman–Crippen MR) is 98.8 cm³/mol. The Morgan fingerprint density at radius 3 is 2.60 bits per heavy atom. The molecule has 0 radical (unpaired) electrons. The largest absolute Gasteiger partial charge is 0.494 e. The van der Waals surface area contributed by atoms with Gasteiger partial charge in [-0.15, -0.1) is 0 Å². The summed E-state index contributed by atoms with van der Waals surface area (Å²) in [5.74, 6) is 0.596. The van der Waals surface area contributed by atoms with Gasteiger partial charge in [0.25, 0.3) is 5.91 Å². The van der Waals surface area contributed by atoms with Gasteiger partial charge in [-0.05, 0) is 71.2 Å². The van der Waals surface area contributed by atoms with E-state index in [0.29, 0.717) is 28.4 Å². The fraction of sp³-hybridized carbons (Fsp3) is 0.278. The van der Waals surface area contributed by atoms with Gasteiger partial charge in [0.1, 0.15) is 17.3 Å². The number of carbonyl (C=O) groups excluding carboxylic acids is 1. The average Bonchev–Trinajstić information content (AvgIpc) is 2.59. The molecule has 2 aromatic carbocycles. The van der Waals surface area contributed by atoms with Gasteiger partial charge in [-0.2, -0.15) is 0 Å². The second-order valence-corrected chi connectivity index (χ2v) is 6.51. The SMILES string of the molecule is O=C(COc1ccc(F)cc1Br)NCCCCOc1ccc(Cl)cc1. The van der Waals surface area contributed by atoms with Crippen LogP contribution in [-0.4, -0.2) is 25.7 Å². The Hall–Kier alpha value is -1.79. The van der Waals surface area contributed by atoms with Crippen LogP contribution in [0.15, 0.2) is 46.9 Å². The quantitative estimate of drug-likeness (QED) is 0.592. The first-order valence-electron chi connectivity index (χ1n) is 7.77. The Balaban J connectivity index is 1.55. The number of benzene rings is 2. The van der Waals surface area contributed by atoms with E-state index in [-0.39, 0.29) is 18.3 Å². The standard InChI is InChI=1S/C18H18BrClFNO3/c19-16-11-14(21)5-8-17(16)25-12-18(23)22-9-1-2-10-24-15-6-3-13(20)4-7-15/h3-8,11H,1-2,9-10,12H2,(H,22,23). The van der Waals surface area contributed by atoms with E-state index in [0.717, 1.165) is 18.6 Å². The maximum absolute atomic E-state index is 13.0. The van der Waals surface area contributed by atoms with Crippen LogP contribution in [0.2, 0.25) is 5.02 Å². The van der Waals surface area contributed by atoms with Crippen molar-refractivity contribution in [2.24, 2.45) is 0 Å². The molecule has 0 atom stereocenters. The van der Waals surface area contributed by atoms with E-state index in [1.807, 2.05) is 12.1 Å². The fourth-order valence-corrected chi connectivity index (χ4v) is 2.55. The monoisotopic (exact) mass is 429 g/mol. The zero-order valence-electron chi connectivity index (χ0n) is 13.4. The summed E-state index contributed by atoms with van der Waals surface area (Å²) in [6, 6.07) is 11.2. The second kappa shape index (κ2) is 10.3. The minimum Gasteiger partial charge on any atom is -0.494 e. The average molecular weight is 431 g/mol. The van der Waals surface area contributed by atoms with E-state index < -0.39 is 0 Å². The summed E-state index contributed by atoms with van der Waals surface area (Å²) < 4.78 is 24.3. The minimum atomic E-state index is -0.371. The minimum absolute atomic E-state index is 0.120. The molecule has 0 aliphatic rings. The van der Waals surface area contributed by atoms with Crippen LogP contribution in [0.5, 0.6) is 11.5 Å². The first-order chi connectivity index (χ1) is 12.0. The molecule has 0 saturated heterocycles. The van der Waals surface area contributed by atoms with Crippen LogP contribution in [0, 0.1) is 5.82 Å². The number of hydrogen-bond acceptors (Lipinski definition) is 3. The van der Waals surface area contributed by atoms with Crippen LogP contribution in [0.4, 0.5) is 4.39 Å². The lowest BCUT2D eigenvalue weighted by atomic mass is 10.3. The van der Waals surface area contributed by atoms with Crippen LogP contribution >= 0.6 is 27.5 Å². The molecule has 0 fully saturated rings. The van der Waals surface area contributed by atoms with Gasteiger partial charge in [-0.3, -0.25) is 4.79 Å². The number of unbranched alkanes of at least 4 members (excludes halogenated alkanes) is 1. The molecule has 0 spiro atoms. The highest BCUT2D eigenvalue weighted by molar-refractivity contribution is 9.10. The first kappa shape index (κ1) is 19.5. The van der Waals surface area contributed by atoms with Crippen LogP contribution in [0.25, 0.3) is 0 Å². The van der Waals surface area contributed by atoms with Gasteiger partial charge in [0.2, 0.25) is 0 Å². The molecule has 0 aliphatic heterocycles. The smallest absolute Gasteiger partial charge is 0.257 e. The molecule has 1 amide bonds. The predicted octanol–water partition coefficient (Wildman–Crippen LogP) is 4.60. The lowest BCUT2D eigenvalue weighted by molar-refractivity contribution is -0.123. The zero-order chi connectivity index (χ0) is 18.1. The van der Waals surface area contributed by atoms with Crippen molar-refractivity contribution < 1.29 is 18.7 Å². The lowest BCUT2D eigenvalue weighted by Gasteiger charge is -2.09. The van der Waals surface area contributed by atoms with E-state index in [1.54, 1.807) is 12.1 Å². The molecule has 7 heteroatoms. The number of rotatable bonds is 9. The third kappa shape index (κ3) is 7.32. The molecule has 2 rings (SSSR count). The number of halogens is 3. The molecular weight excluding hydrogens is 413 g/mol. The number of hydrogen-bond donors (Lipinski definition) is 1. The summed E-state index contributed by atoms with van der Waals surface area (Å²) in [6.07, 6.45) is 1.60. The maximum atomic E-state index is 13.0. The number of ether oxygens (including phenoxy) is 2. The van der Waals surface area contributed by atoms with Crippen molar-refractivity contribution in [3.8, 4) is 11.5 Å². The van der Waals surface area contributed by atoms with Crippen molar-refractivity contribution in [1.29, 1.82) is 0 Å². The highest BCUT2D eigenvalue weighted by Gasteiger charge is 2.06. The Morgan fingerprint density at radius 2 is 1.88 bits per heavy atom. The normalized spacial score (nSPS) is 10.4. The highest BCUT2D eigenvalue weighted by Crippen LogP contribution is 2.25. The number of carbonyl (C=O) groups is 1. The molecule has 1 N–H and O–H groups in total. The van der Waals surface area contributed by atoms with Crippen LogP contribution < -0.4 is 14.8 Å². The summed E-state index contributed by atoms with van der Waals surface area (Å²) in [5, 5.41) is 3.43. The van der Waals surface area contributed by atoms with Gasteiger partial charge in [0.15, 0.2) is 6.61 Å². The lowest BCUT2D eigenvalue weighted by Crippen LogP contribution is -2.29. The van der Waals surface area contributed by atoms with E-state index >= 15 is 0 Å². The van der Waals surface area contributed by atoms with Gasteiger partial charge in [-0.1, -0.05) is 11.6 Å². The summed E-state index contributed by atoms with van der Waals surface area (Å²) in [6.45, 7) is 0.985.